The first-order chi connectivity index (χ1) is 9.81. The van der Waals surface area contributed by atoms with Crippen molar-refractivity contribution in [1.29, 1.82) is 0 Å². The molecule has 1 N–H and O–H groups in total. The molecule has 0 fully saturated rings. The minimum absolute atomic E-state index is 0.121. The molecule has 2 rings (SSSR count). The van der Waals surface area contributed by atoms with E-state index in [4.69, 9.17) is 4.98 Å². The smallest absolute Gasteiger partial charge is 0.0985 e. The van der Waals surface area contributed by atoms with E-state index in [1.807, 2.05) is 11.3 Å². The van der Waals surface area contributed by atoms with Crippen molar-refractivity contribution in [3.63, 3.8) is 0 Å². The molecular formula is C18H26N2S. The van der Waals surface area contributed by atoms with Crippen LogP contribution in [0.3, 0.4) is 0 Å². The Morgan fingerprint density at radius 2 is 1.81 bits per heavy atom. The number of hydrogen-bond acceptors (Lipinski definition) is 3. The molecule has 21 heavy (non-hydrogen) atoms. The fourth-order valence-electron chi connectivity index (χ4n) is 2.28. The van der Waals surface area contributed by atoms with Crippen LogP contribution in [0.4, 0.5) is 5.69 Å². The summed E-state index contributed by atoms with van der Waals surface area (Å²) in [6.07, 6.45) is 1.08. The van der Waals surface area contributed by atoms with Gasteiger partial charge in [-0.2, -0.15) is 0 Å². The molecule has 3 heteroatoms. The Balaban J connectivity index is 2.16. The summed E-state index contributed by atoms with van der Waals surface area (Å²) in [5.74, 6) is 0. The Morgan fingerprint density at radius 1 is 1.19 bits per heavy atom. The molecule has 0 saturated heterocycles. The fraction of sp³-hybridized carbons (Fsp3) is 0.500. The van der Waals surface area contributed by atoms with Crippen LogP contribution in [-0.4, -0.2) is 4.98 Å². The normalized spacial score (nSPS) is 13.2. The molecular weight excluding hydrogens is 276 g/mol. The molecule has 2 nitrogen and oxygen atoms in total. The van der Waals surface area contributed by atoms with E-state index in [0.29, 0.717) is 0 Å². The van der Waals surface area contributed by atoms with E-state index in [1.54, 1.807) is 0 Å². The molecule has 0 saturated carbocycles. The molecule has 1 aromatic carbocycles. The first-order valence-electron chi connectivity index (χ1n) is 7.64. The summed E-state index contributed by atoms with van der Waals surface area (Å²) in [6, 6.07) is 8.99. The number of thiazole rings is 1. The standard InChI is InChI=1S/C18H26N2S/c1-7-14-8-10-15(11-9-14)19-12(2)16-13(3)20-17(21-16)18(4,5)6/h8-12,19H,7H2,1-6H3. The highest BCUT2D eigenvalue weighted by molar-refractivity contribution is 7.12. The first kappa shape index (κ1) is 16.0. The molecule has 0 amide bonds. The lowest BCUT2D eigenvalue weighted by molar-refractivity contribution is 0.584. The van der Waals surface area contributed by atoms with Crippen molar-refractivity contribution in [3.05, 3.63) is 45.4 Å². The van der Waals surface area contributed by atoms with Crippen molar-refractivity contribution in [3.8, 4) is 0 Å². The van der Waals surface area contributed by atoms with E-state index in [1.165, 1.54) is 21.1 Å². The third kappa shape index (κ3) is 3.85. The highest BCUT2D eigenvalue weighted by Crippen LogP contribution is 2.33. The molecule has 1 unspecified atom stereocenters. The largest absolute Gasteiger partial charge is 0.378 e. The van der Waals surface area contributed by atoms with Crippen LogP contribution in [0.15, 0.2) is 24.3 Å². The average Bonchev–Trinajstić information content (AvgIpc) is 2.82. The van der Waals surface area contributed by atoms with Gasteiger partial charge in [0.05, 0.1) is 16.7 Å². The SMILES string of the molecule is CCc1ccc(NC(C)c2sc(C(C)(C)C)nc2C)cc1. The number of nitrogens with zero attached hydrogens (tertiary/aromatic N) is 1. The molecule has 0 radical (unpaired) electrons. The highest BCUT2D eigenvalue weighted by Gasteiger charge is 2.22. The third-order valence-electron chi connectivity index (χ3n) is 3.61. The maximum Gasteiger partial charge on any atom is 0.0985 e. The number of anilines is 1. The second-order valence-electron chi connectivity index (χ2n) is 6.64. The van der Waals surface area contributed by atoms with Gasteiger partial charge in [0, 0.05) is 16.0 Å². The topological polar surface area (TPSA) is 24.9 Å². The summed E-state index contributed by atoms with van der Waals surface area (Å²) in [5, 5.41) is 4.80. The van der Waals surface area contributed by atoms with Crippen molar-refractivity contribution in [2.75, 3.05) is 5.32 Å². The lowest BCUT2D eigenvalue weighted by Gasteiger charge is -2.15. The molecule has 0 aliphatic rings. The first-order valence-corrected chi connectivity index (χ1v) is 8.46. The molecule has 2 aromatic rings. The van der Waals surface area contributed by atoms with Gasteiger partial charge in [0.15, 0.2) is 0 Å². The van der Waals surface area contributed by atoms with Gasteiger partial charge in [0.25, 0.3) is 0 Å². The Morgan fingerprint density at radius 3 is 2.29 bits per heavy atom. The van der Waals surface area contributed by atoms with E-state index in [0.717, 1.165) is 12.1 Å². The Bertz CT molecular complexity index is 591. The van der Waals surface area contributed by atoms with Gasteiger partial charge >= 0.3 is 0 Å². The van der Waals surface area contributed by atoms with Crippen LogP contribution >= 0.6 is 11.3 Å². The predicted molar refractivity (Wildman–Crippen MR) is 93.4 cm³/mol. The molecule has 0 aliphatic carbocycles. The zero-order valence-corrected chi connectivity index (χ0v) is 14.8. The number of aromatic nitrogens is 1. The maximum atomic E-state index is 4.75. The molecule has 114 valence electrons. The number of aryl methyl sites for hydroxylation is 2. The minimum atomic E-state index is 0.121. The number of hydrogen-bond donors (Lipinski definition) is 1. The van der Waals surface area contributed by atoms with Crippen molar-refractivity contribution in [2.24, 2.45) is 0 Å². The second-order valence-corrected chi connectivity index (χ2v) is 7.67. The van der Waals surface area contributed by atoms with Crippen molar-refractivity contribution in [1.82, 2.24) is 4.98 Å². The molecule has 1 atom stereocenters. The number of nitrogens with one attached hydrogen (secondary N) is 1. The summed E-state index contributed by atoms with van der Waals surface area (Å²) in [6.45, 7) is 13.2. The molecule has 0 spiro atoms. The van der Waals surface area contributed by atoms with Gasteiger partial charge in [-0.05, 0) is 38.0 Å². The number of rotatable bonds is 4. The summed E-state index contributed by atoms with van der Waals surface area (Å²) < 4.78 is 0. The maximum absolute atomic E-state index is 4.75. The van der Waals surface area contributed by atoms with Gasteiger partial charge in [0.2, 0.25) is 0 Å². The van der Waals surface area contributed by atoms with E-state index >= 15 is 0 Å². The van der Waals surface area contributed by atoms with Crippen LogP contribution in [-0.2, 0) is 11.8 Å². The lowest BCUT2D eigenvalue weighted by atomic mass is 9.98. The van der Waals surface area contributed by atoms with Gasteiger partial charge in [-0.1, -0.05) is 39.8 Å². The zero-order valence-electron chi connectivity index (χ0n) is 13.9. The summed E-state index contributed by atoms with van der Waals surface area (Å²) >= 11 is 1.83. The quantitative estimate of drug-likeness (QED) is 0.808. The van der Waals surface area contributed by atoms with Crippen molar-refractivity contribution in [2.45, 2.75) is 59.4 Å². The van der Waals surface area contributed by atoms with Gasteiger partial charge < -0.3 is 5.32 Å². The zero-order chi connectivity index (χ0) is 15.6. The monoisotopic (exact) mass is 302 g/mol. The fourth-order valence-corrected chi connectivity index (χ4v) is 3.41. The van der Waals surface area contributed by atoms with Crippen LogP contribution in [0.5, 0.6) is 0 Å². The summed E-state index contributed by atoms with van der Waals surface area (Å²) in [4.78, 5) is 6.08. The second kappa shape index (κ2) is 6.18. The van der Waals surface area contributed by atoms with E-state index < -0.39 is 0 Å². The molecule has 1 aromatic heterocycles. The summed E-state index contributed by atoms with van der Waals surface area (Å²) in [7, 11) is 0. The van der Waals surface area contributed by atoms with Crippen LogP contribution in [0.1, 0.15) is 61.8 Å². The van der Waals surface area contributed by atoms with Crippen LogP contribution in [0.2, 0.25) is 0 Å². The van der Waals surface area contributed by atoms with Crippen LogP contribution in [0.25, 0.3) is 0 Å². The van der Waals surface area contributed by atoms with Crippen molar-refractivity contribution >= 4 is 17.0 Å². The Labute approximate surface area is 132 Å². The van der Waals surface area contributed by atoms with Crippen molar-refractivity contribution < 1.29 is 0 Å². The Hall–Kier alpha value is -1.35. The van der Waals surface area contributed by atoms with Gasteiger partial charge in [-0.3, -0.25) is 0 Å². The van der Waals surface area contributed by atoms with E-state index in [-0.39, 0.29) is 11.5 Å². The highest BCUT2D eigenvalue weighted by atomic mass is 32.1. The molecule has 0 aliphatic heterocycles. The van der Waals surface area contributed by atoms with Gasteiger partial charge in [0.1, 0.15) is 0 Å². The third-order valence-corrected chi connectivity index (χ3v) is 5.38. The van der Waals surface area contributed by atoms with Gasteiger partial charge in [-0.25, -0.2) is 4.98 Å². The van der Waals surface area contributed by atoms with E-state index in [2.05, 4.69) is 71.1 Å². The lowest BCUT2D eigenvalue weighted by Crippen LogP contribution is -2.10. The molecule has 1 heterocycles. The number of benzene rings is 1. The Kier molecular flexibility index (Phi) is 4.72. The van der Waals surface area contributed by atoms with Gasteiger partial charge in [-0.15, -0.1) is 11.3 Å². The molecule has 0 bridgehead atoms. The average molecular weight is 302 g/mol. The predicted octanol–water partition coefficient (Wildman–Crippen LogP) is 5.48. The minimum Gasteiger partial charge on any atom is -0.378 e. The van der Waals surface area contributed by atoms with Crippen LogP contribution < -0.4 is 5.32 Å². The van der Waals surface area contributed by atoms with E-state index in [9.17, 15) is 0 Å². The summed E-state index contributed by atoms with van der Waals surface area (Å²) in [5.41, 5.74) is 3.81. The van der Waals surface area contributed by atoms with Crippen LogP contribution in [0, 0.1) is 6.92 Å².